The van der Waals surface area contributed by atoms with Crippen LogP contribution in [0, 0.1) is 6.92 Å². The molecule has 6 heteroatoms. The van der Waals surface area contributed by atoms with Crippen molar-refractivity contribution in [2.75, 3.05) is 6.26 Å². The summed E-state index contributed by atoms with van der Waals surface area (Å²) < 4.78 is 53.2. The number of allylic oxidation sites excluding steroid dienone is 2. The molecule has 0 bridgehead atoms. The van der Waals surface area contributed by atoms with Crippen LogP contribution in [0.15, 0.2) is 72.6 Å². The first-order chi connectivity index (χ1) is 12.1. The van der Waals surface area contributed by atoms with Crippen molar-refractivity contribution < 1.29 is 17.2 Å². The molecule has 0 aromatic heterocycles. The van der Waals surface area contributed by atoms with E-state index in [4.69, 9.17) is 11.6 Å². The molecule has 2 aromatic rings. The van der Waals surface area contributed by atoms with Gasteiger partial charge < -0.3 is 0 Å². The molecule has 0 saturated heterocycles. The first-order valence-electron chi connectivity index (χ1n) is 7.90. The predicted octanol–water partition coefficient (Wildman–Crippen LogP) is 5.07. The largest absolute Gasteiger partial charge is 0.278 e. The SMILES string of the molecule is Cc1ccc(C2(c3ccccc3)C=CC(F)(S(C)(=O)=O)C(F)=C2)cc1Cl. The summed E-state index contributed by atoms with van der Waals surface area (Å²) in [6.07, 6.45) is 3.85. The van der Waals surface area contributed by atoms with Gasteiger partial charge in [-0.2, -0.15) is 0 Å². The van der Waals surface area contributed by atoms with Gasteiger partial charge in [0.15, 0.2) is 15.7 Å². The first kappa shape index (κ1) is 18.8. The Bertz CT molecular complexity index is 1020. The average Bonchev–Trinajstić information content (AvgIpc) is 2.60. The van der Waals surface area contributed by atoms with Gasteiger partial charge in [0, 0.05) is 11.3 Å². The van der Waals surface area contributed by atoms with Gasteiger partial charge in [-0.3, -0.25) is 0 Å². The summed E-state index contributed by atoms with van der Waals surface area (Å²) >= 11 is 6.24. The summed E-state index contributed by atoms with van der Waals surface area (Å²) in [6, 6.07) is 14.1. The lowest BCUT2D eigenvalue weighted by molar-refractivity contribution is 0.315. The van der Waals surface area contributed by atoms with E-state index in [2.05, 4.69) is 0 Å². The van der Waals surface area contributed by atoms with E-state index in [1.165, 1.54) is 6.08 Å². The Balaban J connectivity index is 2.29. The normalized spacial score (nSPS) is 25.8. The number of hydrogen-bond donors (Lipinski definition) is 0. The van der Waals surface area contributed by atoms with E-state index in [0.29, 0.717) is 22.4 Å². The van der Waals surface area contributed by atoms with Crippen LogP contribution in [0.4, 0.5) is 8.78 Å². The second-order valence-electron chi connectivity index (χ2n) is 6.44. The van der Waals surface area contributed by atoms with Gasteiger partial charge in [0.05, 0.1) is 5.41 Å². The van der Waals surface area contributed by atoms with E-state index in [-0.39, 0.29) is 0 Å². The Hall–Kier alpha value is -1.98. The molecule has 3 rings (SSSR count). The van der Waals surface area contributed by atoms with Crippen molar-refractivity contribution in [3.8, 4) is 0 Å². The number of aryl methyl sites for hydroxylation is 1. The maximum Gasteiger partial charge on any atom is 0.278 e. The second-order valence-corrected chi connectivity index (χ2v) is 8.99. The summed E-state index contributed by atoms with van der Waals surface area (Å²) in [7, 11) is -4.33. The molecule has 26 heavy (non-hydrogen) atoms. The van der Waals surface area contributed by atoms with Gasteiger partial charge in [-0.25, -0.2) is 17.2 Å². The first-order valence-corrected chi connectivity index (χ1v) is 10.2. The van der Waals surface area contributed by atoms with Gasteiger partial charge in [-0.15, -0.1) is 0 Å². The van der Waals surface area contributed by atoms with Crippen LogP contribution in [0.3, 0.4) is 0 Å². The lowest BCUT2D eigenvalue weighted by Crippen LogP contribution is -2.38. The molecule has 0 N–H and O–H groups in total. The van der Waals surface area contributed by atoms with Crippen LogP contribution in [-0.2, 0) is 15.3 Å². The fourth-order valence-electron chi connectivity index (χ4n) is 3.06. The highest BCUT2D eigenvalue weighted by Gasteiger charge is 2.49. The van der Waals surface area contributed by atoms with Crippen molar-refractivity contribution in [1.82, 2.24) is 0 Å². The summed E-state index contributed by atoms with van der Waals surface area (Å²) in [5.41, 5.74) is 0.963. The number of hydrogen-bond acceptors (Lipinski definition) is 2. The van der Waals surface area contributed by atoms with Crippen LogP contribution in [0.25, 0.3) is 0 Å². The summed E-state index contributed by atoms with van der Waals surface area (Å²) in [6.45, 7) is 1.84. The highest BCUT2D eigenvalue weighted by molar-refractivity contribution is 7.92. The van der Waals surface area contributed by atoms with Gasteiger partial charge >= 0.3 is 0 Å². The van der Waals surface area contributed by atoms with Gasteiger partial charge in [-0.05, 0) is 41.8 Å². The monoisotopic (exact) mass is 394 g/mol. The fraction of sp³-hybridized carbons (Fsp3) is 0.200. The van der Waals surface area contributed by atoms with E-state index in [0.717, 1.165) is 17.7 Å². The Labute approximate surface area is 156 Å². The van der Waals surface area contributed by atoms with Crippen LogP contribution >= 0.6 is 11.6 Å². The van der Waals surface area contributed by atoms with Gasteiger partial charge in [0.25, 0.3) is 5.00 Å². The molecule has 2 atom stereocenters. The molecule has 0 heterocycles. The smallest absolute Gasteiger partial charge is 0.225 e. The Morgan fingerprint density at radius 2 is 1.65 bits per heavy atom. The van der Waals surface area contributed by atoms with Crippen molar-refractivity contribution in [2.24, 2.45) is 0 Å². The van der Waals surface area contributed by atoms with Gasteiger partial charge in [-0.1, -0.05) is 60.1 Å². The molecule has 0 saturated carbocycles. The number of halogens is 3. The van der Waals surface area contributed by atoms with Crippen LogP contribution in [0.1, 0.15) is 16.7 Å². The predicted molar refractivity (Wildman–Crippen MR) is 100 cm³/mol. The third-order valence-electron chi connectivity index (χ3n) is 4.68. The summed E-state index contributed by atoms with van der Waals surface area (Å²) in [4.78, 5) is 0. The minimum atomic E-state index is -4.33. The minimum absolute atomic E-state index is 0.486. The third kappa shape index (κ3) is 2.89. The molecule has 136 valence electrons. The zero-order chi connectivity index (χ0) is 19.2. The van der Waals surface area contributed by atoms with Gasteiger partial charge in [0.1, 0.15) is 0 Å². The number of sulfone groups is 1. The Kier molecular flexibility index (Phi) is 4.57. The second kappa shape index (κ2) is 6.32. The fourth-order valence-corrected chi connectivity index (χ4v) is 3.96. The molecule has 2 nitrogen and oxygen atoms in total. The van der Waals surface area contributed by atoms with Crippen LogP contribution < -0.4 is 0 Å². The maximum atomic E-state index is 14.8. The van der Waals surface area contributed by atoms with Crippen LogP contribution in [0.5, 0.6) is 0 Å². The highest BCUT2D eigenvalue weighted by Crippen LogP contribution is 2.45. The molecule has 1 aliphatic rings. The molecule has 0 radical (unpaired) electrons. The molecule has 1 aliphatic carbocycles. The highest BCUT2D eigenvalue weighted by atomic mass is 35.5. The standard InChI is InChI=1S/C20H17ClF2O2S/c1-14-8-9-16(12-17(14)21)19(15-6-4-3-5-7-15)10-11-20(23,18(22)13-19)26(2,24)25/h3-13H,1-2H3. The van der Waals surface area contributed by atoms with Crippen molar-refractivity contribution in [3.63, 3.8) is 0 Å². The Morgan fingerprint density at radius 1 is 1.00 bits per heavy atom. The zero-order valence-electron chi connectivity index (χ0n) is 14.2. The quantitative estimate of drug-likeness (QED) is 0.681. The van der Waals surface area contributed by atoms with Crippen LogP contribution in [-0.4, -0.2) is 19.7 Å². The molecular weight excluding hydrogens is 378 g/mol. The molecule has 0 spiro atoms. The summed E-state index contributed by atoms with van der Waals surface area (Å²) in [5, 5.41) is -2.68. The lowest BCUT2D eigenvalue weighted by atomic mass is 9.71. The van der Waals surface area contributed by atoms with Crippen molar-refractivity contribution in [2.45, 2.75) is 17.3 Å². The molecular formula is C20H17ClF2O2S. The maximum absolute atomic E-state index is 14.8. The van der Waals surface area contributed by atoms with E-state index < -0.39 is 26.1 Å². The number of alkyl halides is 1. The Morgan fingerprint density at radius 3 is 2.19 bits per heavy atom. The molecule has 0 fully saturated rings. The zero-order valence-corrected chi connectivity index (χ0v) is 15.8. The van der Waals surface area contributed by atoms with Crippen molar-refractivity contribution >= 4 is 21.4 Å². The van der Waals surface area contributed by atoms with Crippen molar-refractivity contribution in [1.29, 1.82) is 0 Å². The third-order valence-corrected chi connectivity index (χ3v) is 6.50. The molecule has 2 unspecified atom stereocenters. The van der Waals surface area contributed by atoms with E-state index in [1.54, 1.807) is 42.5 Å². The molecule has 0 amide bonds. The number of benzene rings is 2. The van der Waals surface area contributed by atoms with E-state index in [1.807, 2.05) is 13.0 Å². The molecule has 2 aromatic carbocycles. The molecule has 0 aliphatic heterocycles. The van der Waals surface area contributed by atoms with Gasteiger partial charge in [0.2, 0.25) is 0 Å². The average molecular weight is 395 g/mol. The topological polar surface area (TPSA) is 34.1 Å². The summed E-state index contributed by atoms with van der Waals surface area (Å²) in [5.74, 6) is -1.36. The van der Waals surface area contributed by atoms with Crippen LogP contribution in [0.2, 0.25) is 5.02 Å². The van der Waals surface area contributed by atoms with E-state index in [9.17, 15) is 17.2 Å². The lowest BCUT2D eigenvalue weighted by Gasteiger charge is -2.35. The van der Waals surface area contributed by atoms with E-state index >= 15 is 0 Å². The van der Waals surface area contributed by atoms with Crippen molar-refractivity contribution in [3.05, 3.63) is 94.3 Å². The minimum Gasteiger partial charge on any atom is -0.225 e. The number of rotatable bonds is 3.